The Morgan fingerprint density at radius 3 is 2.23 bits per heavy atom. The molecular formula is C15H12ClN3O3. The van der Waals surface area contributed by atoms with Gasteiger partial charge in [-0.3, -0.25) is 14.9 Å². The molecule has 7 heteroatoms. The summed E-state index contributed by atoms with van der Waals surface area (Å²) in [6.07, 6.45) is 0. The number of hydrazone groups is 1. The van der Waals surface area contributed by atoms with Crippen LogP contribution in [0.4, 0.5) is 16.2 Å². The number of rotatable bonds is 4. The van der Waals surface area contributed by atoms with Gasteiger partial charge in [-0.25, -0.2) is 0 Å². The highest BCUT2D eigenvalue weighted by Crippen LogP contribution is 2.21. The van der Waals surface area contributed by atoms with Crippen LogP contribution in [-0.2, 0) is 0 Å². The van der Waals surface area contributed by atoms with E-state index in [1.54, 1.807) is 6.92 Å². The van der Waals surface area contributed by atoms with Crippen molar-refractivity contribution in [2.45, 2.75) is 6.92 Å². The molecule has 0 bridgehead atoms. The molecule has 0 radical (unpaired) electrons. The molecule has 0 aliphatic carbocycles. The number of nitro groups is 1. The molecule has 2 rings (SSSR count). The van der Waals surface area contributed by atoms with Gasteiger partial charge in [-0.2, -0.15) is 10.1 Å². The Kier molecular flexibility index (Phi) is 4.85. The molecule has 0 aliphatic rings. The summed E-state index contributed by atoms with van der Waals surface area (Å²) in [5, 5.41) is 15.0. The van der Waals surface area contributed by atoms with E-state index in [1.807, 2.05) is 30.3 Å². The predicted molar refractivity (Wildman–Crippen MR) is 85.5 cm³/mol. The van der Waals surface area contributed by atoms with E-state index in [0.717, 1.165) is 10.6 Å². The molecule has 1 amide bonds. The third kappa shape index (κ3) is 3.67. The first-order chi connectivity index (χ1) is 10.5. The quantitative estimate of drug-likeness (QED) is 0.279. The van der Waals surface area contributed by atoms with Gasteiger partial charge in [0.05, 0.1) is 16.3 Å². The topological polar surface area (TPSA) is 75.8 Å². The van der Waals surface area contributed by atoms with Crippen LogP contribution in [0.15, 0.2) is 59.7 Å². The summed E-state index contributed by atoms with van der Waals surface area (Å²) in [7, 11) is 0. The van der Waals surface area contributed by atoms with Gasteiger partial charge in [0.15, 0.2) is 0 Å². The fourth-order valence-electron chi connectivity index (χ4n) is 1.80. The van der Waals surface area contributed by atoms with Gasteiger partial charge in [-0.15, -0.1) is 0 Å². The zero-order valence-corrected chi connectivity index (χ0v) is 12.4. The minimum atomic E-state index is -0.802. The van der Waals surface area contributed by atoms with Crippen LogP contribution in [0.2, 0.25) is 0 Å². The Balaban J connectivity index is 2.34. The summed E-state index contributed by atoms with van der Waals surface area (Å²) in [4.78, 5) is 21.7. The largest absolute Gasteiger partial charge is 0.341 e. The van der Waals surface area contributed by atoms with Gasteiger partial charge in [-0.1, -0.05) is 30.3 Å². The van der Waals surface area contributed by atoms with E-state index in [4.69, 9.17) is 11.6 Å². The van der Waals surface area contributed by atoms with E-state index in [-0.39, 0.29) is 5.69 Å². The number of hydrogen-bond donors (Lipinski definition) is 0. The van der Waals surface area contributed by atoms with Gasteiger partial charge in [0, 0.05) is 12.1 Å². The van der Waals surface area contributed by atoms with Crippen LogP contribution in [0, 0.1) is 10.1 Å². The van der Waals surface area contributed by atoms with Crippen molar-refractivity contribution < 1.29 is 9.72 Å². The molecule has 0 aliphatic heterocycles. The molecule has 6 nitrogen and oxygen atoms in total. The number of hydrogen-bond acceptors (Lipinski definition) is 4. The van der Waals surface area contributed by atoms with Crippen LogP contribution >= 0.6 is 11.6 Å². The van der Waals surface area contributed by atoms with E-state index in [1.165, 1.54) is 24.3 Å². The lowest BCUT2D eigenvalue weighted by Gasteiger charge is -2.15. The van der Waals surface area contributed by atoms with Gasteiger partial charge in [0.25, 0.3) is 5.69 Å². The smallest absolute Gasteiger partial charge is 0.258 e. The van der Waals surface area contributed by atoms with Crippen LogP contribution in [-0.4, -0.2) is 16.0 Å². The highest BCUT2D eigenvalue weighted by atomic mass is 35.5. The molecular weight excluding hydrogens is 306 g/mol. The van der Waals surface area contributed by atoms with Crippen molar-refractivity contribution in [2.24, 2.45) is 5.10 Å². The Bertz CT molecular complexity index is 715. The second-order valence-corrected chi connectivity index (χ2v) is 4.71. The number of carbonyl (C=O) groups is 1. The molecule has 0 fully saturated rings. The number of anilines is 1. The lowest BCUT2D eigenvalue weighted by molar-refractivity contribution is -0.384. The van der Waals surface area contributed by atoms with Crippen LogP contribution in [0.1, 0.15) is 12.5 Å². The van der Waals surface area contributed by atoms with E-state index in [2.05, 4.69) is 5.10 Å². The third-order valence-electron chi connectivity index (χ3n) is 2.91. The monoisotopic (exact) mass is 317 g/mol. The van der Waals surface area contributed by atoms with E-state index >= 15 is 0 Å². The molecule has 112 valence electrons. The standard InChI is InChI=1S/C15H12ClN3O3/c1-11(12-5-3-2-4-6-12)17-18(15(16)20)13-7-9-14(10-8-13)19(21)22/h2-10H,1H3/b17-11-. The summed E-state index contributed by atoms with van der Waals surface area (Å²) in [5.74, 6) is 0. The Morgan fingerprint density at radius 2 is 1.73 bits per heavy atom. The predicted octanol–water partition coefficient (Wildman–Crippen LogP) is 4.18. The number of non-ortho nitro benzene ring substituents is 1. The number of benzene rings is 2. The van der Waals surface area contributed by atoms with Gasteiger partial charge >= 0.3 is 5.37 Å². The molecule has 0 aromatic heterocycles. The molecule has 0 N–H and O–H groups in total. The summed E-state index contributed by atoms with van der Waals surface area (Å²) in [5.41, 5.74) is 1.70. The Hall–Kier alpha value is -2.73. The minimum Gasteiger partial charge on any atom is -0.258 e. The number of nitrogens with zero attached hydrogens (tertiary/aromatic N) is 3. The molecule has 0 unspecified atom stereocenters. The van der Waals surface area contributed by atoms with E-state index in [9.17, 15) is 14.9 Å². The summed E-state index contributed by atoms with van der Waals surface area (Å²) in [6, 6.07) is 14.7. The van der Waals surface area contributed by atoms with Crippen LogP contribution < -0.4 is 5.01 Å². The fourth-order valence-corrected chi connectivity index (χ4v) is 1.94. The Labute approximate surface area is 131 Å². The van der Waals surface area contributed by atoms with Gasteiger partial charge in [0.2, 0.25) is 0 Å². The highest BCUT2D eigenvalue weighted by Gasteiger charge is 2.15. The molecule has 2 aromatic rings. The van der Waals surface area contributed by atoms with Crippen LogP contribution in [0.3, 0.4) is 0 Å². The zero-order chi connectivity index (χ0) is 16.1. The maximum atomic E-state index is 11.6. The van der Waals surface area contributed by atoms with Crippen LogP contribution in [0.25, 0.3) is 0 Å². The molecule has 22 heavy (non-hydrogen) atoms. The van der Waals surface area contributed by atoms with Gasteiger partial charge in [-0.05, 0) is 36.2 Å². The lowest BCUT2D eigenvalue weighted by atomic mass is 10.1. The average Bonchev–Trinajstić information content (AvgIpc) is 2.53. The SMILES string of the molecule is C/C(=N/N(C(=O)Cl)c1ccc([N+](=O)[O-])cc1)c1ccccc1. The number of nitro benzene ring substituents is 1. The maximum Gasteiger partial charge on any atom is 0.341 e. The van der Waals surface area contributed by atoms with Crippen molar-refractivity contribution in [2.75, 3.05) is 5.01 Å². The summed E-state index contributed by atoms with van der Waals surface area (Å²) >= 11 is 5.56. The molecule has 2 aromatic carbocycles. The molecule has 0 spiro atoms. The molecule has 0 heterocycles. The number of halogens is 1. The Morgan fingerprint density at radius 1 is 1.14 bits per heavy atom. The lowest BCUT2D eigenvalue weighted by Crippen LogP contribution is -2.21. The van der Waals surface area contributed by atoms with Crippen molar-refractivity contribution in [3.05, 3.63) is 70.3 Å². The van der Waals surface area contributed by atoms with Crippen molar-refractivity contribution in [1.82, 2.24) is 0 Å². The van der Waals surface area contributed by atoms with Gasteiger partial charge in [0.1, 0.15) is 0 Å². The first-order valence-corrected chi connectivity index (χ1v) is 6.71. The fraction of sp³-hybridized carbons (Fsp3) is 0.0667. The van der Waals surface area contributed by atoms with Gasteiger partial charge < -0.3 is 0 Å². The zero-order valence-electron chi connectivity index (χ0n) is 11.6. The van der Waals surface area contributed by atoms with Crippen molar-refractivity contribution in [3.8, 4) is 0 Å². The molecule has 0 saturated carbocycles. The van der Waals surface area contributed by atoms with Crippen molar-refractivity contribution in [1.29, 1.82) is 0 Å². The summed E-state index contributed by atoms with van der Waals surface area (Å²) in [6.45, 7) is 1.74. The first-order valence-electron chi connectivity index (χ1n) is 6.33. The maximum absolute atomic E-state index is 11.6. The molecule has 0 saturated heterocycles. The average molecular weight is 318 g/mol. The van der Waals surface area contributed by atoms with E-state index in [0.29, 0.717) is 11.4 Å². The second-order valence-electron chi connectivity index (χ2n) is 4.39. The number of amides is 1. The van der Waals surface area contributed by atoms with Crippen molar-refractivity contribution >= 4 is 34.1 Å². The van der Waals surface area contributed by atoms with Crippen LogP contribution in [0.5, 0.6) is 0 Å². The van der Waals surface area contributed by atoms with Crippen molar-refractivity contribution in [3.63, 3.8) is 0 Å². The first kappa shape index (κ1) is 15.7. The molecule has 0 atom stereocenters. The summed E-state index contributed by atoms with van der Waals surface area (Å²) < 4.78 is 0. The highest BCUT2D eigenvalue weighted by molar-refractivity contribution is 6.66. The van der Waals surface area contributed by atoms with E-state index < -0.39 is 10.3 Å². The third-order valence-corrected chi connectivity index (χ3v) is 3.07. The number of carbonyl (C=O) groups excluding carboxylic acids is 1. The second kappa shape index (κ2) is 6.82. The minimum absolute atomic E-state index is 0.0746. The normalized spacial score (nSPS) is 11.1.